The summed E-state index contributed by atoms with van der Waals surface area (Å²) in [6.45, 7) is 5.19. The van der Waals surface area contributed by atoms with Gasteiger partial charge in [-0.1, -0.05) is 6.08 Å². The predicted molar refractivity (Wildman–Crippen MR) is 114 cm³/mol. The Balaban J connectivity index is 1.23. The number of piperazine rings is 1. The standard InChI is InChI=1S/C23H27FN4O2/c1-25-13-9-20-21(25)4-2-11-27(23(20)30)12-3-10-26-14-16-28(17-15-26)22(29)18-5-7-19(24)8-6-18/h2,4-9,13H,3,10-12,14-17H2,1H3. The molecule has 1 aromatic carbocycles. The van der Waals surface area contributed by atoms with E-state index in [1.807, 2.05) is 45.8 Å². The van der Waals surface area contributed by atoms with Crippen molar-refractivity contribution >= 4 is 17.9 Å². The zero-order chi connectivity index (χ0) is 21.1. The van der Waals surface area contributed by atoms with Gasteiger partial charge >= 0.3 is 0 Å². The second kappa shape index (κ2) is 8.83. The number of carbonyl (C=O) groups is 2. The van der Waals surface area contributed by atoms with E-state index < -0.39 is 0 Å². The van der Waals surface area contributed by atoms with Gasteiger partial charge in [0.25, 0.3) is 11.8 Å². The second-order valence-corrected chi connectivity index (χ2v) is 7.87. The van der Waals surface area contributed by atoms with Crippen molar-refractivity contribution in [1.29, 1.82) is 0 Å². The van der Waals surface area contributed by atoms with Gasteiger partial charge in [-0.25, -0.2) is 4.39 Å². The van der Waals surface area contributed by atoms with Gasteiger partial charge in [0.05, 0.1) is 11.3 Å². The summed E-state index contributed by atoms with van der Waals surface area (Å²) in [4.78, 5) is 31.4. The first-order chi connectivity index (χ1) is 14.5. The minimum absolute atomic E-state index is 0.0461. The van der Waals surface area contributed by atoms with E-state index in [4.69, 9.17) is 0 Å². The summed E-state index contributed by atoms with van der Waals surface area (Å²) in [5, 5.41) is 0. The van der Waals surface area contributed by atoms with Gasteiger partial charge in [0.15, 0.2) is 0 Å². The van der Waals surface area contributed by atoms with E-state index in [9.17, 15) is 14.0 Å². The first-order valence-electron chi connectivity index (χ1n) is 10.4. The Morgan fingerprint density at radius 3 is 2.50 bits per heavy atom. The van der Waals surface area contributed by atoms with Gasteiger partial charge in [0.2, 0.25) is 0 Å². The molecule has 30 heavy (non-hydrogen) atoms. The molecule has 1 saturated heterocycles. The van der Waals surface area contributed by atoms with Gasteiger partial charge in [-0.15, -0.1) is 0 Å². The van der Waals surface area contributed by atoms with Gasteiger partial charge in [0.1, 0.15) is 5.82 Å². The number of nitrogens with zero attached hydrogens (tertiary/aromatic N) is 4. The molecule has 0 saturated carbocycles. The van der Waals surface area contributed by atoms with E-state index in [-0.39, 0.29) is 17.6 Å². The van der Waals surface area contributed by atoms with Crippen LogP contribution in [0.3, 0.4) is 0 Å². The van der Waals surface area contributed by atoms with Crippen LogP contribution >= 0.6 is 0 Å². The van der Waals surface area contributed by atoms with E-state index in [1.165, 1.54) is 24.3 Å². The topological polar surface area (TPSA) is 48.8 Å². The van der Waals surface area contributed by atoms with Crippen LogP contribution < -0.4 is 0 Å². The van der Waals surface area contributed by atoms with Gasteiger partial charge in [0, 0.05) is 58.1 Å². The molecule has 6 nitrogen and oxygen atoms in total. The highest BCUT2D eigenvalue weighted by Gasteiger charge is 2.24. The summed E-state index contributed by atoms with van der Waals surface area (Å²) in [7, 11) is 1.95. The van der Waals surface area contributed by atoms with E-state index in [2.05, 4.69) is 4.90 Å². The Hall–Kier alpha value is -2.93. The summed E-state index contributed by atoms with van der Waals surface area (Å²) in [6.07, 6.45) is 6.88. The van der Waals surface area contributed by atoms with Crippen molar-refractivity contribution in [1.82, 2.24) is 19.3 Å². The highest BCUT2D eigenvalue weighted by molar-refractivity contribution is 5.98. The number of rotatable bonds is 5. The summed E-state index contributed by atoms with van der Waals surface area (Å²) in [5.74, 6) is -0.293. The Morgan fingerprint density at radius 2 is 1.77 bits per heavy atom. The molecule has 2 aromatic rings. The molecule has 3 heterocycles. The largest absolute Gasteiger partial charge is 0.350 e. The number of benzene rings is 1. The third-order valence-electron chi connectivity index (χ3n) is 5.89. The molecular weight excluding hydrogens is 383 g/mol. The molecule has 0 bridgehead atoms. The fourth-order valence-corrected chi connectivity index (χ4v) is 4.10. The predicted octanol–water partition coefficient (Wildman–Crippen LogP) is 2.48. The number of aromatic nitrogens is 1. The normalized spacial score (nSPS) is 17.2. The fraction of sp³-hybridized carbons (Fsp3) is 0.391. The number of aryl methyl sites for hydroxylation is 1. The number of hydrogen-bond donors (Lipinski definition) is 0. The minimum atomic E-state index is -0.335. The molecule has 0 N–H and O–H groups in total. The molecule has 0 atom stereocenters. The quantitative estimate of drug-likeness (QED) is 0.761. The van der Waals surface area contributed by atoms with Gasteiger partial charge in [-0.05, 0) is 49.4 Å². The number of amides is 2. The van der Waals surface area contributed by atoms with Crippen molar-refractivity contribution in [2.24, 2.45) is 7.05 Å². The Kier molecular flexibility index (Phi) is 5.99. The van der Waals surface area contributed by atoms with Crippen molar-refractivity contribution in [3.8, 4) is 0 Å². The molecule has 0 radical (unpaired) electrons. The average molecular weight is 410 g/mol. The molecule has 1 aromatic heterocycles. The van der Waals surface area contributed by atoms with Crippen LogP contribution in [0.1, 0.15) is 32.8 Å². The minimum Gasteiger partial charge on any atom is -0.350 e. The highest BCUT2D eigenvalue weighted by Crippen LogP contribution is 2.18. The highest BCUT2D eigenvalue weighted by atomic mass is 19.1. The summed E-state index contributed by atoms with van der Waals surface area (Å²) >= 11 is 0. The molecule has 0 aliphatic carbocycles. The fourth-order valence-electron chi connectivity index (χ4n) is 4.10. The van der Waals surface area contributed by atoms with Crippen LogP contribution in [0.25, 0.3) is 6.08 Å². The lowest BCUT2D eigenvalue weighted by atomic mass is 10.1. The van der Waals surface area contributed by atoms with Crippen LogP contribution in [0.5, 0.6) is 0 Å². The molecule has 2 aliphatic rings. The Bertz CT molecular complexity index is 943. The molecule has 1 fully saturated rings. The average Bonchev–Trinajstić information content (AvgIpc) is 3.04. The maximum atomic E-state index is 13.1. The Labute approximate surface area is 176 Å². The third kappa shape index (κ3) is 4.31. The van der Waals surface area contributed by atoms with Crippen molar-refractivity contribution in [2.75, 3.05) is 45.8 Å². The maximum Gasteiger partial charge on any atom is 0.256 e. The van der Waals surface area contributed by atoms with Gasteiger partial charge in [-0.2, -0.15) is 0 Å². The smallest absolute Gasteiger partial charge is 0.256 e. The van der Waals surface area contributed by atoms with Gasteiger partial charge < -0.3 is 14.4 Å². The van der Waals surface area contributed by atoms with E-state index in [1.54, 1.807) is 0 Å². The monoisotopic (exact) mass is 410 g/mol. The molecule has 2 amide bonds. The lowest BCUT2D eigenvalue weighted by Crippen LogP contribution is -2.49. The van der Waals surface area contributed by atoms with Crippen molar-refractivity contribution < 1.29 is 14.0 Å². The molecule has 4 rings (SSSR count). The summed E-state index contributed by atoms with van der Waals surface area (Å²) < 4.78 is 15.0. The van der Waals surface area contributed by atoms with E-state index in [0.29, 0.717) is 31.7 Å². The van der Waals surface area contributed by atoms with Gasteiger partial charge in [-0.3, -0.25) is 14.5 Å². The van der Waals surface area contributed by atoms with Crippen LogP contribution in [0.4, 0.5) is 4.39 Å². The maximum absolute atomic E-state index is 13.1. The van der Waals surface area contributed by atoms with E-state index in [0.717, 1.165) is 37.3 Å². The lowest BCUT2D eigenvalue weighted by molar-refractivity contribution is 0.0623. The van der Waals surface area contributed by atoms with Crippen LogP contribution in [-0.2, 0) is 7.05 Å². The van der Waals surface area contributed by atoms with E-state index >= 15 is 0 Å². The summed E-state index contributed by atoms with van der Waals surface area (Å²) in [5.41, 5.74) is 2.25. The zero-order valence-electron chi connectivity index (χ0n) is 17.3. The van der Waals surface area contributed by atoms with Crippen LogP contribution in [-0.4, -0.2) is 76.9 Å². The zero-order valence-corrected chi connectivity index (χ0v) is 17.3. The first kappa shape index (κ1) is 20.3. The SMILES string of the molecule is Cn1ccc2c1C=CCN(CCCN1CCN(C(=O)c3ccc(F)cc3)CC1)C2=O. The molecule has 2 aliphatic heterocycles. The van der Waals surface area contributed by atoms with Crippen LogP contribution in [0.15, 0.2) is 42.6 Å². The molecule has 0 unspecified atom stereocenters. The van der Waals surface area contributed by atoms with Crippen molar-refractivity contribution in [2.45, 2.75) is 6.42 Å². The first-order valence-corrected chi connectivity index (χ1v) is 10.4. The van der Waals surface area contributed by atoms with Crippen LogP contribution in [0.2, 0.25) is 0 Å². The molecule has 158 valence electrons. The summed E-state index contributed by atoms with van der Waals surface area (Å²) in [6, 6.07) is 7.60. The molecule has 7 heteroatoms. The molecule has 0 spiro atoms. The lowest BCUT2D eigenvalue weighted by Gasteiger charge is -2.35. The van der Waals surface area contributed by atoms with Crippen molar-refractivity contribution in [3.05, 3.63) is 65.2 Å². The molecular formula is C23H27FN4O2. The van der Waals surface area contributed by atoms with Crippen LogP contribution in [0, 0.1) is 5.82 Å². The Morgan fingerprint density at radius 1 is 1.03 bits per heavy atom. The number of carbonyl (C=O) groups excluding carboxylic acids is 2. The number of fused-ring (bicyclic) bond motifs is 1. The second-order valence-electron chi connectivity index (χ2n) is 7.87. The number of hydrogen-bond acceptors (Lipinski definition) is 3. The number of halogens is 1. The van der Waals surface area contributed by atoms with Crippen molar-refractivity contribution in [3.63, 3.8) is 0 Å². The third-order valence-corrected chi connectivity index (χ3v) is 5.89.